The average Bonchev–Trinajstić information content (AvgIpc) is 3.31. The van der Waals surface area contributed by atoms with E-state index in [4.69, 9.17) is 14.2 Å². The quantitative estimate of drug-likeness (QED) is 0.441. The zero-order valence-electron chi connectivity index (χ0n) is 19.0. The minimum atomic E-state index is -1.11. The zero-order valence-corrected chi connectivity index (χ0v) is 20.8. The zero-order chi connectivity index (χ0) is 22.2. The number of methoxy groups -OCH3 is 1. The highest BCUT2D eigenvalue weighted by molar-refractivity contribution is 7.18. The van der Waals surface area contributed by atoms with E-state index in [-0.39, 0.29) is 11.9 Å². The standard InChI is InChI=1S/C21H32N4O4SSi/c1-23-12-16(13-27-2)25-6-7-29-18-17(25)20(21(23)26)30-19(18)15-10-22-24(11-15)14-28-8-9-31(3,4)5/h10-11,16H,6-9,12-14H2,1-5H3/t16-/m0/s1. The second kappa shape index (κ2) is 8.93. The summed E-state index contributed by atoms with van der Waals surface area (Å²) in [6.07, 6.45) is 3.80. The van der Waals surface area contributed by atoms with Crippen LogP contribution in [0.2, 0.25) is 25.7 Å². The number of anilines is 1. The lowest BCUT2D eigenvalue weighted by Crippen LogP contribution is -2.47. The molecule has 2 aliphatic heterocycles. The molecule has 0 unspecified atom stereocenters. The van der Waals surface area contributed by atoms with Gasteiger partial charge in [0.05, 0.1) is 30.3 Å². The first-order chi connectivity index (χ1) is 14.8. The van der Waals surface area contributed by atoms with Crippen molar-refractivity contribution in [3.8, 4) is 16.2 Å². The summed E-state index contributed by atoms with van der Waals surface area (Å²) in [5, 5.41) is 4.47. The number of likely N-dealkylation sites (N-methyl/N-ethyl adjacent to an activating group) is 1. The number of hydrogen-bond acceptors (Lipinski definition) is 7. The summed E-state index contributed by atoms with van der Waals surface area (Å²) in [5.41, 5.74) is 1.85. The monoisotopic (exact) mass is 464 g/mol. The molecule has 0 fully saturated rings. The van der Waals surface area contributed by atoms with Crippen LogP contribution in [0.25, 0.3) is 10.4 Å². The molecule has 31 heavy (non-hydrogen) atoms. The number of carbonyl (C=O) groups excluding carboxylic acids is 1. The highest BCUT2D eigenvalue weighted by Crippen LogP contribution is 2.51. The summed E-state index contributed by atoms with van der Waals surface area (Å²) >= 11 is 1.49. The molecule has 10 heteroatoms. The fourth-order valence-corrected chi connectivity index (χ4v) is 5.94. The molecule has 0 N–H and O–H groups in total. The molecule has 1 atom stereocenters. The predicted molar refractivity (Wildman–Crippen MR) is 125 cm³/mol. The van der Waals surface area contributed by atoms with Crippen LogP contribution in [-0.4, -0.2) is 81.8 Å². The summed E-state index contributed by atoms with van der Waals surface area (Å²) in [6.45, 7) is 10.7. The molecule has 0 spiro atoms. The highest BCUT2D eigenvalue weighted by atomic mass is 32.1. The Morgan fingerprint density at radius 1 is 1.32 bits per heavy atom. The van der Waals surface area contributed by atoms with Gasteiger partial charge >= 0.3 is 0 Å². The van der Waals surface area contributed by atoms with Gasteiger partial charge in [-0.05, 0) is 6.04 Å². The van der Waals surface area contributed by atoms with E-state index in [0.29, 0.717) is 26.5 Å². The van der Waals surface area contributed by atoms with Crippen LogP contribution in [0.5, 0.6) is 5.75 Å². The van der Waals surface area contributed by atoms with E-state index in [2.05, 4.69) is 29.6 Å². The Balaban J connectivity index is 1.59. The van der Waals surface area contributed by atoms with Crippen LogP contribution in [0.4, 0.5) is 5.69 Å². The van der Waals surface area contributed by atoms with Gasteiger partial charge in [-0.1, -0.05) is 19.6 Å². The molecule has 0 bridgehead atoms. The second-order valence-electron chi connectivity index (χ2n) is 9.39. The third-order valence-electron chi connectivity index (χ3n) is 5.65. The maximum Gasteiger partial charge on any atom is 0.266 e. The molecule has 2 aliphatic rings. The van der Waals surface area contributed by atoms with Crippen molar-refractivity contribution < 1.29 is 19.0 Å². The molecule has 0 radical (unpaired) electrons. The minimum absolute atomic E-state index is 0.0312. The SMILES string of the molecule is COC[C@@H]1CN(C)C(=O)c2sc(-c3cnn(COCC[Si](C)(C)C)c3)c3c2N1CCO3. The van der Waals surface area contributed by atoms with E-state index in [1.54, 1.807) is 16.7 Å². The molecule has 2 aromatic rings. The van der Waals surface area contributed by atoms with Gasteiger partial charge in [0, 0.05) is 47.1 Å². The van der Waals surface area contributed by atoms with Gasteiger partial charge in [0.15, 0.2) is 5.75 Å². The van der Waals surface area contributed by atoms with Gasteiger partial charge in [-0.3, -0.25) is 4.79 Å². The van der Waals surface area contributed by atoms with Gasteiger partial charge in [-0.15, -0.1) is 11.3 Å². The molecule has 4 heterocycles. The van der Waals surface area contributed by atoms with E-state index in [1.165, 1.54) is 11.3 Å². The molecule has 0 saturated carbocycles. The molecule has 0 aliphatic carbocycles. The Bertz CT molecular complexity index is 938. The Hall–Kier alpha value is -1.88. The number of aromatic nitrogens is 2. The van der Waals surface area contributed by atoms with Gasteiger partial charge in [-0.25, -0.2) is 4.68 Å². The van der Waals surface area contributed by atoms with Gasteiger partial charge < -0.3 is 24.0 Å². The Morgan fingerprint density at radius 3 is 2.87 bits per heavy atom. The van der Waals surface area contributed by atoms with Crippen molar-refractivity contribution in [3.05, 3.63) is 17.3 Å². The maximum absolute atomic E-state index is 13.1. The van der Waals surface area contributed by atoms with Crippen LogP contribution < -0.4 is 9.64 Å². The fraction of sp³-hybridized carbons (Fsp3) is 0.619. The minimum Gasteiger partial charge on any atom is -0.488 e. The topological polar surface area (TPSA) is 69.1 Å². The third kappa shape index (κ3) is 4.67. The maximum atomic E-state index is 13.1. The van der Waals surface area contributed by atoms with Gasteiger partial charge in [0.25, 0.3) is 5.91 Å². The van der Waals surface area contributed by atoms with E-state index in [9.17, 15) is 4.79 Å². The van der Waals surface area contributed by atoms with Crippen molar-refractivity contribution in [2.24, 2.45) is 0 Å². The summed E-state index contributed by atoms with van der Waals surface area (Å²) in [6, 6.07) is 1.23. The van der Waals surface area contributed by atoms with Crippen molar-refractivity contribution in [3.63, 3.8) is 0 Å². The number of rotatable bonds is 8. The molecular weight excluding hydrogens is 432 g/mol. The van der Waals surface area contributed by atoms with Crippen LogP contribution in [0.15, 0.2) is 12.4 Å². The number of carbonyl (C=O) groups is 1. The molecule has 8 nitrogen and oxygen atoms in total. The normalized spacial score (nSPS) is 18.7. The van der Waals surface area contributed by atoms with Crippen molar-refractivity contribution >= 4 is 31.0 Å². The molecule has 170 valence electrons. The average molecular weight is 465 g/mol. The van der Waals surface area contributed by atoms with Crippen molar-refractivity contribution in [1.82, 2.24) is 14.7 Å². The smallest absolute Gasteiger partial charge is 0.266 e. The van der Waals surface area contributed by atoms with Crippen LogP contribution >= 0.6 is 11.3 Å². The van der Waals surface area contributed by atoms with Crippen LogP contribution in [0, 0.1) is 0 Å². The van der Waals surface area contributed by atoms with Gasteiger partial charge in [-0.2, -0.15) is 5.10 Å². The largest absolute Gasteiger partial charge is 0.488 e. The van der Waals surface area contributed by atoms with Crippen LogP contribution in [0.3, 0.4) is 0 Å². The van der Waals surface area contributed by atoms with E-state index >= 15 is 0 Å². The molecule has 1 amide bonds. The van der Waals surface area contributed by atoms with Gasteiger partial charge in [0.1, 0.15) is 23.9 Å². The summed E-state index contributed by atoms with van der Waals surface area (Å²) < 4.78 is 19.2. The third-order valence-corrected chi connectivity index (χ3v) is 8.55. The van der Waals surface area contributed by atoms with Crippen molar-refractivity contribution in [1.29, 1.82) is 0 Å². The molecule has 2 aromatic heterocycles. The first kappa shape index (κ1) is 22.3. The van der Waals surface area contributed by atoms with E-state index < -0.39 is 8.07 Å². The Labute approximate surface area is 188 Å². The lowest BCUT2D eigenvalue weighted by molar-refractivity contribution is 0.0777. The Kier molecular flexibility index (Phi) is 6.43. The number of thiophene rings is 1. The number of ether oxygens (including phenoxy) is 3. The summed E-state index contributed by atoms with van der Waals surface area (Å²) in [4.78, 5) is 18.8. The fourth-order valence-electron chi connectivity index (χ4n) is 3.95. The molecule has 0 aromatic carbocycles. The number of nitrogens with zero attached hydrogens (tertiary/aromatic N) is 4. The van der Waals surface area contributed by atoms with E-state index in [0.717, 1.165) is 46.0 Å². The number of amides is 1. The summed E-state index contributed by atoms with van der Waals surface area (Å²) in [7, 11) is 2.45. The van der Waals surface area contributed by atoms with Gasteiger partial charge in [0.2, 0.25) is 0 Å². The van der Waals surface area contributed by atoms with Crippen LogP contribution in [-0.2, 0) is 16.2 Å². The molecule has 4 rings (SSSR count). The van der Waals surface area contributed by atoms with Crippen LogP contribution in [0.1, 0.15) is 9.67 Å². The molecular formula is C21H32N4O4SSi. The van der Waals surface area contributed by atoms with Crippen molar-refractivity contribution in [2.45, 2.75) is 38.5 Å². The molecule has 0 saturated heterocycles. The second-order valence-corrected chi connectivity index (χ2v) is 16.0. The first-order valence-electron chi connectivity index (χ1n) is 10.7. The number of hydrogen-bond donors (Lipinski definition) is 0. The Morgan fingerprint density at radius 2 is 2.13 bits per heavy atom. The van der Waals surface area contributed by atoms with E-state index in [1.807, 2.05) is 19.4 Å². The lowest BCUT2D eigenvalue weighted by atomic mass is 10.1. The highest BCUT2D eigenvalue weighted by Gasteiger charge is 2.39. The summed E-state index contributed by atoms with van der Waals surface area (Å²) in [5.74, 6) is 0.818. The predicted octanol–water partition coefficient (Wildman–Crippen LogP) is 3.22. The first-order valence-corrected chi connectivity index (χ1v) is 15.2. The van der Waals surface area contributed by atoms with Crippen molar-refractivity contribution in [2.75, 3.05) is 52.0 Å². The lowest BCUT2D eigenvalue weighted by Gasteiger charge is -2.35.